The molecule has 3 rings (SSSR count). The quantitative estimate of drug-likeness (QED) is 0.938. The van der Waals surface area contributed by atoms with Crippen LogP contribution in [0.15, 0.2) is 42.5 Å². The number of rotatable bonds is 3. The Bertz CT molecular complexity index is 630. The third kappa shape index (κ3) is 3.61. The van der Waals surface area contributed by atoms with E-state index in [2.05, 4.69) is 47.6 Å². The van der Waals surface area contributed by atoms with Crippen molar-refractivity contribution in [2.45, 2.75) is 25.3 Å². The van der Waals surface area contributed by atoms with Crippen LogP contribution in [0.3, 0.4) is 0 Å². The number of carbonyl (C=O) groups is 1. The molecule has 2 aromatic carbocycles. The lowest BCUT2D eigenvalue weighted by Crippen LogP contribution is -2.43. The summed E-state index contributed by atoms with van der Waals surface area (Å²) in [6.45, 7) is 2.14. The lowest BCUT2D eigenvalue weighted by Gasteiger charge is -2.29. The van der Waals surface area contributed by atoms with Crippen LogP contribution < -0.4 is 5.32 Å². The number of hydrogen-bond acceptors (Lipinski definition) is 2. The second-order valence-electron chi connectivity index (χ2n) is 6.00. The summed E-state index contributed by atoms with van der Waals surface area (Å²) < 4.78 is 0. The number of benzene rings is 2. The van der Waals surface area contributed by atoms with Gasteiger partial charge < -0.3 is 10.2 Å². The monoisotopic (exact) mass is 282 g/mol. The third-order valence-corrected chi connectivity index (χ3v) is 4.26. The van der Waals surface area contributed by atoms with E-state index in [0.717, 1.165) is 31.5 Å². The zero-order valence-electron chi connectivity index (χ0n) is 12.5. The molecule has 0 unspecified atom stereocenters. The normalized spacial score (nSPS) is 17.0. The predicted octanol–water partition coefficient (Wildman–Crippen LogP) is 2.59. The fourth-order valence-electron chi connectivity index (χ4n) is 2.97. The van der Waals surface area contributed by atoms with E-state index in [1.807, 2.05) is 12.1 Å². The van der Waals surface area contributed by atoms with Crippen LogP contribution in [0, 0.1) is 0 Å². The van der Waals surface area contributed by atoms with Crippen molar-refractivity contribution in [3.05, 3.63) is 48.0 Å². The van der Waals surface area contributed by atoms with Crippen LogP contribution in [0.5, 0.6) is 0 Å². The van der Waals surface area contributed by atoms with Crippen LogP contribution in [0.25, 0.3) is 10.8 Å². The number of piperidine rings is 1. The van der Waals surface area contributed by atoms with Gasteiger partial charge in [-0.1, -0.05) is 42.5 Å². The van der Waals surface area contributed by atoms with Gasteiger partial charge in [-0.3, -0.25) is 4.79 Å². The Balaban J connectivity index is 1.60. The minimum Gasteiger partial charge on any atom is -0.353 e. The number of nitrogens with zero attached hydrogens (tertiary/aromatic N) is 1. The Kier molecular flexibility index (Phi) is 4.20. The van der Waals surface area contributed by atoms with Gasteiger partial charge in [-0.15, -0.1) is 0 Å². The Hall–Kier alpha value is -1.87. The van der Waals surface area contributed by atoms with Crippen LogP contribution in [-0.4, -0.2) is 37.0 Å². The average molecular weight is 282 g/mol. The molecule has 1 fully saturated rings. The largest absolute Gasteiger partial charge is 0.353 e. The lowest BCUT2D eigenvalue weighted by molar-refractivity contribution is -0.121. The van der Waals surface area contributed by atoms with E-state index in [1.54, 1.807) is 0 Å². The van der Waals surface area contributed by atoms with Gasteiger partial charge in [0.15, 0.2) is 0 Å². The molecule has 1 aliphatic heterocycles. The SMILES string of the molecule is CN1CCC(NC(=O)Cc2ccc3ccccc3c2)CC1. The van der Waals surface area contributed by atoms with Crippen LogP contribution in [-0.2, 0) is 11.2 Å². The Morgan fingerprint density at radius 1 is 1.14 bits per heavy atom. The second kappa shape index (κ2) is 6.27. The molecule has 110 valence electrons. The molecule has 3 heteroatoms. The summed E-state index contributed by atoms with van der Waals surface area (Å²) in [4.78, 5) is 14.5. The summed E-state index contributed by atoms with van der Waals surface area (Å²) in [6.07, 6.45) is 2.58. The highest BCUT2D eigenvalue weighted by Crippen LogP contribution is 2.16. The van der Waals surface area contributed by atoms with Crippen molar-refractivity contribution in [1.82, 2.24) is 10.2 Å². The van der Waals surface area contributed by atoms with E-state index in [-0.39, 0.29) is 5.91 Å². The summed E-state index contributed by atoms with van der Waals surface area (Å²) in [7, 11) is 2.13. The molecule has 1 heterocycles. The van der Waals surface area contributed by atoms with Gasteiger partial charge in [0, 0.05) is 6.04 Å². The minimum absolute atomic E-state index is 0.139. The maximum Gasteiger partial charge on any atom is 0.224 e. The summed E-state index contributed by atoms with van der Waals surface area (Å²) >= 11 is 0. The van der Waals surface area contributed by atoms with Crippen molar-refractivity contribution in [3.63, 3.8) is 0 Å². The summed E-state index contributed by atoms with van der Waals surface area (Å²) in [5.74, 6) is 0.139. The van der Waals surface area contributed by atoms with Crippen LogP contribution in [0.2, 0.25) is 0 Å². The number of carbonyl (C=O) groups excluding carboxylic acids is 1. The Labute approximate surface area is 125 Å². The number of amides is 1. The first-order valence-electron chi connectivity index (χ1n) is 7.66. The summed E-state index contributed by atoms with van der Waals surface area (Å²) in [5.41, 5.74) is 1.08. The molecule has 1 saturated heterocycles. The molecule has 0 atom stereocenters. The first-order valence-corrected chi connectivity index (χ1v) is 7.66. The molecule has 0 spiro atoms. The van der Waals surface area contributed by atoms with Gasteiger partial charge in [0.1, 0.15) is 0 Å². The number of hydrogen-bond donors (Lipinski definition) is 1. The predicted molar refractivity (Wildman–Crippen MR) is 86.3 cm³/mol. The van der Waals surface area contributed by atoms with Crippen molar-refractivity contribution in [3.8, 4) is 0 Å². The summed E-state index contributed by atoms with van der Waals surface area (Å²) in [5, 5.41) is 5.59. The highest BCUT2D eigenvalue weighted by Gasteiger charge is 2.18. The summed E-state index contributed by atoms with van der Waals surface area (Å²) in [6, 6.07) is 14.9. The van der Waals surface area contributed by atoms with E-state index in [0.29, 0.717) is 12.5 Å². The van der Waals surface area contributed by atoms with Gasteiger partial charge in [0.05, 0.1) is 6.42 Å². The minimum atomic E-state index is 0.139. The van der Waals surface area contributed by atoms with Crippen LogP contribution in [0.4, 0.5) is 0 Å². The maximum absolute atomic E-state index is 12.2. The third-order valence-electron chi connectivity index (χ3n) is 4.26. The second-order valence-corrected chi connectivity index (χ2v) is 6.00. The fourth-order valence-corrected chi connectivity index (χ4v) is 2.97. The van der Waals surface area contributed by atoms with Crippen LogP contribution >= 0.6 is 0 Å². The zero-order chi connectivity index (χ0) is 14.7. The highest BCUT2D eigenvalue weighted by atomic mass is 16.1. The lowest BCUT2D eigenvalue weighted by atomic mass is 10.0. The van der Waals surface area contributed by atoms with E-state index in [4.69, 9.17) is 0 Å². The standard InChI is InChI=1S/C18H22N2O/c1-20-10-8-17(9-11-20)19-18(21)13-14-6-7-15-4-2-3-5-16(15)12-14/h2-7,12,17H,8-11,13H2,1H3,(H,19,21). The van der Waals surface area contributed by atoms with Gasteiger partial charge in [0.25, 0.3) is 0 Å². The first kappa shape index (κ1) is 14.1. The molecule has 0 aliphatic carbocycles. The van der Waals surface area contributed by atoms with Gasteiger partial charge in [-0.05, 0) is 49.3 Å². The highest BCUT2D eigenvalue weighted by molar-refractivity contribution is 5.85. The molecule has 2 aromatic rings. The zero-order valence-corrected chi connectivity index (χ0v) is 12.5. The van der Waals surface area contributed by atoms with Crippen molar-refractivity contribution in [1.29, 1.82) is 0 Å². The van der Waals surface area contributed by atoms with Crippen LogP contribution in [0.1, 0.15) is 18.4 Å². The molecule has 1 aliphatic rings. The van der Waals surface area contributed by atoms with Crippen molar-refractivity contribution in [2.75, 3.05) is 20.1 Å². The molecular weight excluding hydrogens is 260 g/mol. The maximum atomic E-state index is 12.2. The molecule has 1 amide bonds. The van der Waals surface area contributed by atoms with Crippen molar-refractivity contribution >= 4 is 16.7 Å². The van der Waals surface area contributed by atoms with Gasteiger partial charge >= 0.3 is 0 Å². The Morgan fingerprint density at radius 2 is 1.86 bits per heavy atom. The number of nitrogens with one attached hydrogen (secondary N) is 1. The van der Waals surface area contributed by atoms with Crippen molar-refractivity contribution in [2.24, 2.45) is 0 Å². The topological polar surface area (TPSA) is 32.3 Å². The van der Waals surface area contributed by atoms with Gasteiger partial charge in [-0.25, -0.2) is 0 Å². The first-order chi connectivity index (χ1) is 10.2. The molecule has 0 bridgehead atoms. The smallest absolute Gasteiger partial charge is 0.224 e. The van der Waals surface area contributed by atoms with E-state index in [1.165, 1.54) is 10.8 Å². The van der Waals surface area contributed by atoms with Crippen molar-refractivity contribution < 1.29 is 4.79 Å². The molecular formula is C18H22N2O. The van der Waals surface area contributed by atoms with E-state index >= 15 is 0 Å². The molecule has 0 aromatic heterocycles. The average Bonchev–Trinajstić information content (AvgIpc) is 2.49. The van der Waals surface area contributed by atoms with E-state index < -0.39 is 0 Å². The van der Waals surface area contributed by atoms with Gasteiger partial charge in [0.2, 0.25) is 5.91 Å². The van der Waals surface area contributed by atoms with Gasteiger partial charge in [-0.2, -0.15) is 0 Å². The number of likely N-dealkylation sites (tertiary alicyclic amines) is 1. The fraction of sp³-hybridized carbons (Fsp3) is 0.389. The molecule has 3 nitrogen and oxygen atoms in total. The molecule has 21 heavy (non-hydrogen) atoms. The molecule has 0 saturated carbocycles. The molecule has 0 radical (unpaired) electrons. The number of fused-ring (bicyclic) bond motifs is 1. The van der Waals surface area contributed by atoms with E-state index in [9.17, 15) is 4.79 Å². The molecule has 1 N–H and O–H groups in total. The Morgan fingerprint density at radius 3 is 2.62 bits per heavy atom.